The topological polar surface area (TPSA) is 75.0 Å². The van der Waals surface area contributed by atoms with Gasteiger partial charge in [0.05, 0.1) is 5.56 Å². The molecule has 0 fully saturated rings. The number of ether oxygens (including phenoxy) is 3. The summed E-state index contributed by atoms with van der Waals surface area (Å²) in [5.41, 5.74) is 4.41. The highest BCUT2D eigenvalue weighted by Crippen LogP contribution is 2.36. The number of ketones is 1. The summed E-state index contributed by atoms with van der Waals surface area (Å²) in [4.78, 5) is 26.2. The number of carbonyl (C=O) groups is 2. The van der Waals surface area contributed by atoms with Gasteiger partial charge in [0.1, 0.15) is 40.8 Å². The number of carbonyl (C=O) groups excluding carboxylic acids is 2. The lowest BCUT2D eigenvalue weighted by atomic mass is 10.1. The number of benzene rings is 4. The highest BCUT2D eigenvalue weighted by Gasteiger charge is 2.28. The summed E-state index contributed by atoms with van der Waals surface area (Å²) in [6.07, 6.45) is 2.66. The van der Waals surface area contributed by atoms with Crippen molar-refractivity contribution in [2.24, 2.45) is 0 Å². The van der Waals surface area contributed by atoms with E-state index in [-0.39, 0.29) is 17.3 Å². The minimum atomic E-state index is -0.576. The molecular formula is C34H26O6. The van der Waals surface area contributed by atoms with Crippen molar-refractivity contribution in [2.75, 3.05) is 0 Å². The van der Waals surface area contributed by atoms with Crippen LogP contribution in [0.2, 0.25) is 0 Å². The Morgan fingerprint density at radius 2 is 1.65 bits per heavy atom. The zero-order valence-corrected chi connectivity index (χ0v) is 22.1. The Hall–Kier alpha value is -5.10. The van der Waals surface area contributed by atoms with Crippen LogP contribution in [0.4, 0.5) is 0 Å². The van der Waals surface area contributed by atoms with Gasteiger partial charge in [-0.3, -0.25) is 4.79 Å². The fraction of sp³-hybridized carbons (Fsp3) is 0.118. The maximum absolute atomic E-state index is 13.3. The standard InChI is InChI=1S/C34H26O6/c1-3-22-9-11-23(12-10-22)17-31-33(35)27-15-13-26(19-30(27)40-31)39-34(36)32-21(2)38-29-16-14-25(18-28(29)32)37-20-24-7-5-4-6-8-24/h4-19H,3,20H2,1-2H3. The van der Waals surface area contributed by atoms with E-state index in [9.17, 15) is 9.59 Å². The Balaban J connectivity index is 1.20. The van der Waals surface area contributed by atoms with E-state index in [0.717, 1.165) is 17.5 Å². The van der Waals surface area contributed by atoms with Crippen LogP contribution in [-0.2, 0) is 13.0 Å². The quantitative estimate of drug-likeness (QED) is 0.122. The summed E-state index contributed by atoms with van der Waals surface area (Å²) >= 11 is 0. The number of hydrogen-bond donors (Lipinski definition) is 0. The molecule has 2 heterocycles. The molecule has 5 aromatic rings. The molecule has 0 saturated heterocycles. The monoisotopic (exact) mass is 530 g/mol. The number of esters is 1. The van der Waals surface area contributed by atoms with Crippen molar-refractivity contribution in [3.63, 3.8) is 0 Å². The fourth-order valence-corrected chi connectivity index (χ4v) is 4.67. The van der Waals surface area contributed by atoms with Crippen LogP contribution in [0.3, 0.4) is 0 Å². The van der Waals surface area contributed by atoms with Crippen LogP contribution < -0.4 is 14.2 Å². The Morgan fingerprint density at radius 3 is 2.42 bits per heavy atom. The molecule has 6 nitrogen and oxygen atoms in total. The lowest BCUT2D eigenvalue weighted by Crippen LogP contribution is -2.09. The first-order valence-corrected chi connectivity index (χ1v) is 13.1. The SMILES string of the molecule is CCc1ccc(C=C2Oc3cc(OC(=O)c4c(C)oc5ccc(OCc6ccccc6)cc45)ccc3C2=O)cc1. The lowest BCUT2D eigenvalue weighted by molar-refractivity contribution is 0.0734. The van der Waals surface area contributed by atoms with Crippen LogP contribution in [0.15, 0.2) is 101 Å². The van der Waals surface area contributed by atoms with E-state index in [4.69, 9.17) is 18.6 Å². The van der Waals surface area contributed by atoms with Crippen LogP contribution in [0.5, 0.6) is 17.2 Å². The normalized spacial score (nSPS) is 13.3. The van der Waals surface area contributed by atoms with Gasteiger partial charge in [-0.15, -0.1) is 0 Å². The van der Waals surface area contributed by atoms with Gasteiger partial charge in [-0.05, 0) is 66.4 Å². The molecule has 40 heavy (non-hydrogen) atoms. The first kappa shape index (κ1) is 25.2. The molecule has 0 aliphatic carbocycles. The zero-order valence-electron chi connectivity index (χ0n) is 22.1. The second-order valence-electron chi connectivity index (χ2n) is 9.55. The third-order valence-electron chi connectivity index (χ3n) is 6.83. The van der Waals surface area contributed by atoms with Crippen LogP contribution >= 0.6 is 0 Å². The van der Waals surface area contributed by atoms with Crippen molar-refractivity contribution in [1.29, 1.82) is 0 Å². The second kappa shape index (κ2) is 10.6. The van der Waals surface area contributed by atoms with Crippen LogP contribution in [0.25, 0.3) is 17.0 Å². The zero-order chi connectivity index (χ0) is 27.6. The summed E-state index contributed by atoms with van der Waals surface area (Å²) < 4.78 is 23.3. The van der Waals surface area contributed by atoms with Gasteiger partial charge < -0.3 is 18.6 Å². The van der Waals surface area contributed by atoms with Gasteiger partial charge >= 0.3 is 5.97 Å². The fourth-order valence-electron chi connectivity index (χ4n) is 4.67. The van der Waals surface area contributed by atoms with Crippen molar-refractivity contribution < 1.29 is 28.2 Å². The number of furan rings is 1. The van der Waals surface area contributed by atoms with Crippen molar-refractivity contribution in [3.8, 4) is 17.2 Å². The summed E-state index contributed by atoms with van der Waals surface area (Å²) in [5.74, 6) is 1.08. The third-order valence-corrected chi connectivity index (χ3v) is 6.83. The number of hydrogen-bond acceptors (Lipinski definition) is 6. The van der Waals surface area contributed by atoms with Crippen LogP contribution in [0, 0.1) is 6.92 Å². The maximum Gasteiger partial charge on any atom is 0.347 e. The van der Waals surface area contributed by atoms with E-state index in [1.165, 1.54) is 5.56 Å². The number of Topliss-reactive ketones (excluding diaryl/α,β-unsaturated/α-hetero) is 1. The second-order valence-corrected chi connectivity index (χ2v) is 9.55. The molecule has 0 bridgehead atoms. The smallest absolute Gasteiger partial charge is 0.347 e. The van der Waals surface area contributed by atoms with Gasteiger partial charge in [0.25, 0.3) is 0 Å². The molecule has 0 amide bonds. The molecule has 198 valence electrons. The molecule has 1 aliphatic rings. The van der Waals surface area contributed by atoms with Gasteiger partial charge in [-0.2, -0.15) is 0 Å². The highest BCUT2D eigenvalue weighted by molar-refractivity contribution is 6.14. The van der Waals surface area contributed by atoms with Crippen molar-refractivity contribution >= 4 is 28.8 Å². The third kappa shape index (κ3) is 4.99. The Morgan fingerprint density at radius 1 is 0.875 bits per heavy atom. The largest absolute Gasteiger partial charge is 0.489 e. The van der Waals surface area contributed by atoms with Crippen molar-refractivity contribution in [1.82, 2.24) is 0 Å². The molecular weight excluding hydrogens is 504 g/mol. The van der Waals surface area contributed by atoms with E-state index in [1.807, 2.05) is 54.6 Å². The molecule has 0 spiro atoms. The van der Waals surface area contributed by atoms with E-state index >= 15 is 0 Å². The molecule has 0 unspecified atom stereocenters. The summed E-state index contributed by atoms with van der Waals surface area (Å²) in [7, 11) is 0. The Labute approximate surface area is 231 Å². The van der Waals surface area contributed by atoms with Gasteiger partial charge in [0.15, 0.2) is 5.76 Å². The summed E-state index contributed by atoms with van der Waals surface area (Å²) in [6.45, 7) is 4.21. The summed E-state index contributed by atoms with van der Waals surface area (Å²) in [6, 6.07) is 27.9. The number of rotatable bonds is 7. The Bertz CT molecular complexity index is 1760. The van der Waals surface area contributed by atoms with Crippen molar-refractivity contribution in [3.05, 3.63) is 130 Å². The van der Waals surface area contributed by atoms with Crippen molar-refractivity contribution in [2.45, 2.75) is 26.9 Å². The van der Waals surface area contributed by atoms with Crippen LogP contribution in [-0.4, -0.2) is 11.8 Å². The Kier molecular flexibility index (Phi) is 6.66. The van der Waals surface area contributed by atoms with Gasteiger partial charge in [0.2, 0.25) is 5.78 Å². The summed E-state index contributed by atoms with van der Waals surface area (Å²) in [5, 5.41) is 0.597. The predicted molar refractivity (Wildman–Crippen MR) is 152 cm³/mol. The van der Waals surface area contributed by atoms with Crippen LogP contribution in [0.1, 0.15) is 50.1 Å². The average Bonchev–Trinajstić information content (AvgIpc) is 3.47. The van der Waals surface area contributed by atoms with Gasteiger partial charge in [-0.1, -0.05) is 61.5 Å². The molecule has 0 saturated carbocycles. The predicted octanol–water partition coefficient (Wildman–Crippen LogP) is 7.72. The van der Waals surface area contributed by atoms with E-state index < -0.39 is 5.97 Å². The number of fused-ring (bicyclic) bond motifs is 2. The van der Waals surface area contributed by atoms with Gasteiger partial charge in [0, 0.05) is 11.5 Å². The lowest BCUT2D eigenvalue weighted by Gasteiger charge is -2.07. The molecule has 0 atom stereocenters. The first-order chi connectivity index (χ1) is 19.5. The van der Waals surface area contributed by atoms with Gasteiger partial charge in [-0.25, -0.2) is 4.79 Å². The maximum atomic E-state index is 13.3. The average molecular weight is 531 g/mol. The van der Waals surface area contributed by atoms with E-state index in [1.54, 1.807) is 49.4 Å². The molecule has 6 rings (SSSR count). The molecule has 0 radical (unpaired) electrons. The molecule has 0 N–H and O–H groups in total. The molecule has 1 aliphatic heterocycles. The minimum Gasteiger partial charge on any atom is -0.489 e. The minimum absolute atomic E-state index is 0.216. The molecule has 1 aromatic heterocycles. The molecule has 4 aromatic carbocycles. The number of aryl methyl sites for hydroxylation is 2. The van der Waals surface area contributed by atoms with E-state index in [2.05, 4.69) is 6.92 Å². The highest BCUT2D eigenvalue weighted by atomic mass is 16.5. The first-order valence-electron chi connectivity index (χ1n) is 13.1. The van der Waals surface area contributed by atoms with E-state index in [0.29, 0.717) is 46.0 Å². The number of allylic oxidation sites excluding steroid dienone is 1. The molecule has 6 heteroatoms.